The summed E-state index contributed by atoms with van der Waals surface area (Å²) in [6, 6.07) is 9.74. The zero-order valence-electron chi connectivity index (χ0n) is 15.6. The van der Waals surface area contributed by atoms with E-state index in [2.05, 4.69) is 19.9 Å². The highest BCUT2D eigenvalue weighted by molar-refractivity contribution is 5.98. The van der Waals surface area contributed by atoms with Crippen LogP contribution in [0.5, 0.6) is 5.75 Å². The second-order valence-corrected chi connectivity index (χ2v) is 7.75. The molecule has 0 aliphatic carbocycles. The smallest absolute Gasteiger partial charge is 0.258 e. The fourth-order valence-corrected chi connectivity index (χ4v) is 3.98. The number of carbonyl (C=O) groups excluding carboxylic acids is 1. The molecule has 1 atom stereocenters. The molecule has 5 heteroatoms. The lowest BCUT2D eigenvalue weighted by molar-refractivity contribution is 0.0712. The van der Waals surface area contributed by atoms with Gasteiger partial charge in [-0.15, -0.1) is 0 Å². The molecule has 1 aromatic carbocycles. The summed E-state index contributed by atoms with van der Waals surface area (Å²) in [6.07, 6.45) is 1.88. The van der Waals surface area contributed by atoms with E-state index in [-0.39, 0.29) is 17.4 Å². The topological polar surface area (TPSA) is 51.9 Å². The lowest BCUT2D eigenvalue weighted by Crippen LogP contribution is -2.30. The van der Waals surface area contributed by atoms with Gasteiger partial charge in [-0.1, -0.05) is 26.0 Å². The van der Waals surface area contributed by atoms with Gasteiger partial charge in [0.25, 0.3) is 5.91 Å². The van der Waals surface area contributed by atoms with Crippen LogP contribution in [0.3, 0.4) is 0 Å². The molecule has 0 bridgehead atoms. The highest BCUT2D eigenvalue weighted by atomic mass is 16.5. The molecular formula is C21H25NO4. The van der Waals surface area contributed by atoms with Crippen molar-refractivity contribution >= 4 is 5.91 Å². The number of carbonyl (C=O) groups is 1. The van der Waals surface area contributed by atoms with Gasteiger partial charge in [0.15, 0.2) is 0 Å². The maximum atomic E-state index is 13.3. The molecule has 3 heterocycles. The molecule has 2 aromatic rings. The van der Waals surface area contributed by atoms with Gasteiger partial charge in [0.05, 0.1) is 18.2 Å². The van der Waals surface area contributed by atoms with Gasteiger partial charge in [-0.3, -0.25) is 4.79 Å². The number of furan rings is 1. The van der Waals surface area contributed by atoms with Gasteiger partial charge >= 0.3 is 0 Å². The number of hydrogen-bond donors (Lipinski definition) is 0. The summed E-state index contributed by atoms with van der Waals surface area (Å²) < 4.78 is 16.9. The van der Waals surface area contributed by atoms with E-state index >= 15 is 0 Å². The van der Waals surface area contributed by atoms with Crippen molar-refractivity contribution < 1.29 is 18.7 Å². The second kappa shape index (κ2) is 6.47. The Morgan fingerprint density at radius 1 is 1.31 bits per heavy atom. The van der Waals surface area contributed by atoms with Gasteiger partial charge in [-0.2, -0.15) is 0 Å². The van der Waals surface area contributed by atoms with Crippen molar-refractivity contribution in [1.29, 1.82) is 0 Å². The summed E-state index contributed by atoms with van der Waals surface area (Å²) in [5.41, 5.74) is 1.70. The average molecular weight is 355 g/mol. The predicted molar refractivity (Wildman–Crippen MR) is 97.4 cm³/mol. The normalized spacial score (nSPS) is 20.9. The molecule has 0 radical (unpaired) electrons. The zero-order chi connectivity index (χ0) is 18.3. The van der Waals surface area contributed by atoms with Gasteiger partial charge in [-0.05, 0) is 31.0 Å². The molecule has 0 N–H and O–H groups in total. The largest absolute Gasteiger partial charge is 0.492 e. The number of likely N-dealkylation sites (tertiary alicyclic amines) is 1. The maximum Gasteiger partial charge on any atom is 0.258 e. The first-order valence-corrected chi connectivity index (χ1v) is 9.16. The minimum atomic E-state index is -0.0634. The third kappa shape index (κ3) is 2.80. The van der Waals surface area contributed by atoms with E-state index in [1.165, 1.54) is 0 Å². The molecule has 1 fully saturated rings. The summed E-state index contributed by atoms with van der Waals surface area (Å²) >= 11 is 0. The second-order valence-electron chi connectivity index (χ2n) is 7.75. The van der Waals surface area contributed by atoms with Gasteiger partial charge in [0, 0.05) is 24.6 Å². The number of nitrogens with zero attached hydrogens (tertiary/aromatic N) is 1. The number of hydrogen-bond acceptors (Lipinski definition) is 4. The van der Waals surface area contributed by atoms with E-state index in [4.69, 9.17) is 13.9 Å². The van der Waals surface area contributed by atoms with E-state index in [1.807, 2.05) is 29.2 Å². The van der Waals surface area contributed by atoms with Crippen molar-refractivity contribution in [3.8, 4) is 5.75 Å². The standard InChI is InChI=1S/C21H25NO4/c1-21(2)13-25-19-15(6-4-7-16(19)21)20(23)22-11-5-8-17(22)18-10-9-14(26-18)12-24-3/h4,6-7,9-10,17H,5,8,11-13H2,1-3H3. The van der Waals surface area contributed by atoms with E-state index in [0.29, 0.717) is 18.8 Å². The number of fused-ring (bicyclic) bond motifs is 1. The Bertz CT molecular complexity index is 823. The average Bonchev–Trinajstić information content (AvgIpc) is 3.33. The first-order valence-electron chi connectivity index (χ1n) is 9.16. The Morgan fingerprint density at radius 3 is 2.96 bits per heavy atom. The van der Waals surface area contributed by atoms with Crippen LogP contribution < -0.4 is 4.74 Å². The van der Waals surface area contributed by atoms with Crippen molar-refractivity contribution in [2.75, 3.05) is 20.3 Å². The van der Waals surface area contributed by atoms with Crippen LogP contribution in [0, 0.1) is 0 Å². The minimum absolute atomic E-state index is 0.0201. The number of amides is 1. The number of methoxy groups -OCH3 is 1. The lowest BCUT2D eigenvalue weighted by Gasteiger charge is -2.24. The highest BCUT2D eigenvalue weighted by Crippen LogP contribution is 2.42. The minimum Gasteiger partial charge on any atom is -0.492 e. The summed E-state index contributed by atoms with van der Waals surface area (Å²) in [4.78, 5) is 15.2. The molecule has 1 aromatic heterocycles. The molecule has 2 aliphatic rings. The summed E-state index contributed by atoms with van der Waals surface area (Å²) in [5, 5.41) is 0. The third-order valence-corrected chi connectivity index (χ3v) is 5.36. The van der Waals surface area contributed by atoms with Crippen molar-refractivity contribution in [3.63, 3.8) is 0 Å². The van der Waals surface area contributed by atoms with Crippen LogP contribution in [0.1, 0.15) is 60.2 Å². The fourth-order valence-electron chi connectivity index (χ4n) is 3.98. The van der Waals surface area contributed by atoms with Crippen LogP contribution in [0.25, 0.3) is 0 Å². The van der Waals surface area contributed by atoms with Crippen LogP contribution in [-0.4, -0.2) is 31.1 Å². The molecule has 5 nitrogen and oxygen atoms in total. The number of para-hydroxylation sites is 1. The Kier molecular flexibility index (Phi) is 4.27. The van der Waals surface area contributed by atoms with Crippen molar-refractivity contribution in [3.05, 3.63) is 53.0 Å². The Hall–Kier alpha value is -2.27. The van der Waals surface area contributed by atoms with Crippen molar-refractivity contribution in [1.82, 2.24) is 4.90 Å². The first kappa shape index (κ1) is 17.2. The predicted octanol–water partition coefficient (Wildman–Crippen LogP) is 4.07. The quantitative estimate of drug-likeness (QED) is 0.829. The van der Waals surface area contributed by atoms with E-state index in [0.717, 1.165) is 42.2 Å². The molecule has 1 saturated heterocycles. The monoisotopic (exact) mass is 355 g/mol. The lowest BCUT2D eigenvalue weighted by atomic mass is 9.86. The van der Waals surface area contributed by atoms with Gasteiger partial charge < -0.3 is 18.8 Å². The summed E-state index contributed by atoms with van der Waals surface area (Å²) in [6.45, 7) is 6.07. The van der Waals surface area contributed by atoms with Crippen LogP contribution >= 0.6 is 0 Å². The van der Waals surface area contributed by atoms with E-state index in [9.17, 15) is 4.79 Å². The van der Waals surface area contributed by atoms with Crippen molar-refractivity contribution in [2.24, 2.45) is 0 Å². The Labute approximate surface area is 153 Å². The first-order chi connectivity index (χ1) is 12.5. The molecule has 0 spiro atoms. The molecule has 1 unspecified atom stereocenters. The number of rotatable bonds is 4. The number of benzene rings is 1. The third-order valence-electron chi connectivity index (χ3n) is 5.36. The fraction of sp³-hybridized carbons (Fsp3) is 0.476. The van der Waals surface area contributed by atoms with E-state index in [1.54, 1.807) is 7.11 Å². The maximum absolute atomic E-state index is 13.3. The van der Waals surface area contributed by atoms with Crippen LogP contribution in [-0.2, 0) is 16.8 Å². The Balaban J connectivity index is 1.63. The number of ether oxygens (including phenoxy) is 2. The molecular weight excluding hydrogens is 330 g/mol. The zero-order valence-corrected chi connectivity index (χ0v) is 15.6. The summed E-state index contributed by atoms with van der Waals surface area (Å²) in [7, 11) is 1.64. The SMILES string of the molecule is COCc1ccc(C2CCCN2C(=O)c2cccc3c2OCC3(C)C)o1. The van der Waals surface area contributed by atoms with Gasteiger partial charge in [0.1, 0.15) is 23.9 Å². The molecule has 0 saturated carbocycles. The van der Waals surface area contributed by atoms with Gasteiger partial charge in [0.2, 0.25) is 0 Å². The molecule has 138 valence electrons. The Morgan fingerprint density at radius 2 is 2.15 bits per heavy atom. The van der Waals surface area contributed by atoms with Crippen LogP contribution in [0.2, 0.25) is 0 Å². The molecule has 26 heavy (non-hydrogen) atoms. The summed E-state index contributed by atoms with van der Waals surface area (Å²) in [5.74, 6) is 2.38. The van der Waals surface area contributed by atoms with Crippen molar-refractivity contribution in [2.45, 2.75) is 44.8 Å². The van der Waals surface area contributed by atoms with Gasteiger partial charge in [-0.25, -0.2) is 0 Å². The molecule has 4 rings (SSSR count). The van der Waals surface area contributed by atoms with Crippen LogP contribution in [0.4, 0.5) is 0 Å². The van der Waals surface area contributed by atoms with Crippen LogP contribution in [0.15, 0.2) is 34.7 Å². The molecule has 2 aliphatic heterocycles. The van der Waals surface area contributed by atoms with E-state index < -0.39 is 0 Å². The molecule has 1 amide bonds. The highest BCUT2D eigenvalue weighted by Gasteiger charge is 2.38.